The van der Waals surface area contributed by atoms with Crippen LogP contribution >= 0.6 is 22.9 Å². The summed E-state index contributed by atoms with van der Waals surface area (Å²) in [7, 11) is 1.55. The minimum Gasteiger partial charge on any atom is -0.465 e. The number of amides is 1. The van der Waals surface area contributed by atoms with Gasteiger partial charge < -0.3 is 10.0 Å². The average Bonchev–Trinajstić information content (AvgIpc) is 2.47. The largest absolute Gasteiger partial charge is 0.465 e. The molecular formula is C8H10ClNO2S. The Bertz CT molecular complexity index is 300. The van der Waals surface area contributed by atoms with Gasteiger partial charge in [0.05, 0.1) is 4.34 Å². The molecule has 0 aromatic carbocycles. The van der Waals surface area contributed by atoms with Crippen molar-refractivity contribution in [1.29, 1.82) is 0 Å². The van der Waals surface area contributed by atoms with Crippen molar-refractivity contribution in [2.75, 3.05) is 13.6 Å². The van der Waals surface area contributed by atoms with Crippen molar-refractivity contribution in [2.45, 2.75) is 6.42 Å². The van der Waals surface area contributed by atoms with Gasteiger partial charge in [-0.1, -0.05) is 11.6 Å². The van der Waals surface area contributed by atoms with Gasteiger partial charge >= 0.3 is 6.09 Å². The van der Waals surface area contributed by atoms with Crippen molar-refractivity contribution in [1.82, 2.24) is 4.90 Å². The van der Waals surface area contributed by atoms with E-state index in [9.17, 15) is 4.79 Å². The molecule has 5 heteroatoms. The van der Waals surface area contributed by atoms with Gasteiger partial charge in [-0.3, -0.25) is 0 Å². The molecule has 1 N–H and O–H groups in total. The maximum atomic E-state index is 10.4. The van der Waals surface area contributed by atoms with Gasteiger partial charge in [-0.25, -0.2) is 4.79 Å². The minimum absolute atomic E-state index is 0.506. The third kappa shape index (κ3) is 3.24. The molecule has 0 fully saturated rings. The van der Waals surface area contributed by atoms with Crippen LogP contribution in [0.4, 0.5) is 4.79 Å². The Labute approximate surface area is 85.6 Å². The van der Waals surface area contributed by atoms with Crippen molar-refractivity contribution in [3.05, 3.63) is 21.3 Å². The molecule has 13 heavy (non-hydrogen) atoms. The van der Waals surface area contributed by atoms with Crippen LogP contribution in [0.1, 0.15) is 4.88 Å². The molecule has 0 saturated carbocycles. The molecule has 0 unspecified atom stereocenters. The van der Waals surface area contributed by atoms with E-state index in [-0.39, 0.29) is 0 Å². The lowest BCUT2D eigenvalue weighted by atomic mass is 10.3. The standard InChI is InChI=1S/C8H10ClNO2S/c1-10(8(11)12)5-4-6-2-3-7(9)13-6/h2-3H,4-5H2,1H3,(H,11,12). The van der Waals surface area contributed by atoms with Gasteiger partial charge in [0.1, 0.15) is 0 Å². The number of hydrogen-bond acceptors (Lipinski definition) is 2. The van der Waals surface area contributed by atoms with Crippen LogP contribution in [-0.2, 0) is 6.42 Å². The lowest BCUT2D eigenvalue weighted by Crippen LogP contribution is -2.26. The third-order valence-electron chi connectivity index (χ3n) is 1.65. The van der Waals surface area contributed by atoms with Crippen LogP contribution in [0.5, 0.6) is 0 Å². The second-order valence-electron chi connectivity index (χ2n) is 2.66. The molecule has 1 aromatic heterocycles. The third-order valence-corrected chi connectivity index (χ3v) is 2.94. The molecule has 0 radical (unpaired) electrons. The predicted octanol–water partition coefficient (Wildman–Crippen LogP) is 2.55. The monoisotopic (exact) mass is 219 g/mol. The fourth-order valence-corrected chi connectivity index (χ4v) is 1.94. The average molecular weight is 220 g/mol. The van der Waals surface area contributed by atoms with Gasteiger partial charge in [0.25, 0.3) is 0 Å². The van der Waals surface area contributed by atoms with Crippen molar-refractivity contribution >= 4 is 29.0 Å². The van der Waals surface area contributed by atoms with Crippen LogP contribution in [0.25, 0.3) is 0 Å². The van der Waals surface area contributed by atoms with Crippen LogP contribution in [0.15, 0.2) is 12.1 Å². The fraction of sp³-hybridized carbons (Fsp3) is 0.375. The number of hydrogen-bond donors (Lipinski definition) is 1. The summed E-state index contributed by atoms with van der Waals surface area (Å²) in [6, 6.07) is 3.74. The topological polar surface area (TPSA) is 40.5 Å². The SMILES string of the molecule is CN(CCc1ccc(Cl)s1)C(=O)O. The highest BCUT2D eigenvalue weighted by Gasteiger charge is 2.05. The molecule has 1 amide bonds. The quantitative estimate of drug-likeness (QED) is 0.849. The van der Waals surface area contributed by atoms with Crippen LogP contribution in [0.3, 0.4) is 0 Å². The first kappa shape index (κ1) is 10.3. The Morgan fingerprint density at radius 3 is 2.85 bits per heavy atom. The number of rotatable bonds is 3. The van der Waals surface area contributed by atoms with Gasteiger partial charge in [0.2, 0.25) is 0 Å². The molecule has 0 aliphatic carbocycles. The highest BCUT2D eigenvalue weighted by Crippen LogP contribution is 2.21. The van der Waals surface area contributed by atoms with E-state index in [1.807, 2.05) is 12.1 Å². The molecule has 72 valence electrons. The highest BCUT2D eigenvalue weighted by molar-refractivity contribution is 7.16. The summed E-state index contributed by atoms with van der Waals surface area (Å²) in [4.78, 5) is 12.8. The van der Waals surface area contributed by atoms with E-state index in [4.69, 9.17) is 16.7 Å². The van der Waals surface area contributed by atoms with Crippen LogP contribution in [-0.4, -0.2) is 29.7 Å². The van der Waals surface area contributed by atoms with Gasteiger partial charge in [-0.15, -0.1) is 11.3 Å². The highest BCUT2D eigenvalue weighted by atomic mass is 35.5. The molecular weight excluding hydrogens is 210 g/mol. The lowest BCUT2D eigenvalue weighted by molar-refractivity contribution is 0.156. The molecule has 3 nitrogen and oxygen atoms in total. The van der Waals surface area contributed by atoms with Crippen LogP contribution < -0.4 is 0 Å². The number of carbonyl (C=O) groups is 1. The summed E-state index contributed by atoms with van der Waals surface area (Å²) in [6.45, 7) is 0.506. The van der Waals surface area contributed by atoms with E-state index in [0.29, 0.717) is 6.54 Å². The number of thiophene rings is 1. The summed E-state index contributed by atoms with van der Waals surface area (Å²) in [6.07, 6.45) is -0.178. The molecule has 1 aromatic rings. The number of likely N-dealkylation sites (N-methyl/N-ethyl adjacent to an activating group) is 1. The first-order valence-electron chi connectivity index (χ1n) is 3.78. The molecule has 0 bridgehead atoms. The lowest BCUT2D eigenvalue weighted by Gasteiger charge is -2.10. The zero-order valence-corrected chi connectivity index (χ0v) is 8.73. The second-order valence-corrected chi connectivity index (χ2v) is 4.46. The normalized spacial score (nSPS) is 10.0. The summed E-state index contributed by atoms with van der Waals surface area (Å²) < 4.78 is 0.743. The van der Waals surface area contributed by atoms with Gasteiger partial charge in [0, 0.05) is 18.5 Å². The van der Waals surface area contributed by atoms with Crippen molar-refractivity contribution in [3.63, 3.8) is 0 Å². The first-order valence-corrected chi connectivity index (χ1v) is 4.97. The Morgan fingerprint density at radius 2 is 2.38 bits per heavy atom. The number of nitrogens with zero attached hydrogens (tertiary/aromatic N) is 1. The Balaban J connectivity index is 2.39. The van der Waals surface area contributed by atoms with Crippen molar-refractivity contribution in [2.24, 2.45) is 0 Å². The van der Waals surface area contributed by atoms with Crippen molar-refractivity contribution in [3.8, 4) is 0 Å². The molecule has 0 atom stereocenters. The second kappa shape index (κ2) is 4.48. The van der Waals surface area contributed by atoms with Gasteiger partial charge in [0.15, 0.2) is 0 Å². The predicted molar refractivity (Wildman–Crippen MR) is 53.7 cm³/mol. The Hall–Kier alpha value is -0.740. The molecule has 0 aliphatic heterocycles. The summed E-state index contributed by atoms with van der Waals surface area (Å²) in [5, 5.41) is 8.57. The van der Waals surface area contributed by atoms with Gasteiger partial charge in [-0.05, 0) is 18.6 Å². The van der Waals surface area contributed by atoms with Gasteiger partial charge in [-0.2, -0.15) is 0 Å². The molecule has 1 heterocycles. The maximum Gasteiger partial charge on any atom is 0.407 e. The van der Waals surface area contributed by atoms with E-state index >= 15 is 0 Å². The number of carboxylic acid groups (broad SMARTS) is 1. The maximum absolute atomic E-state index is 10.4. The zero-order valence-electron chi connectivity index (χ0n) is 7.16. The number of halogens is 1. The Kier molecular flexibility index (Phi) is 3.57. The smallest absolute Gasteiger partial charge is 0.407 e. The van der Waals surface area contributed by atoms with E-state index in [2.05, 4.69) is 0 Å². The Morgan fingerprint density at radius 1 is 1.69 bits per heavy atom. The summed E-state index contributed by atoms with van der Waals surface area (Å²) in [5.41, 5.74) is 0. The van der Waals surface area contributed by atoms with E-state index in [0.717, 1.165) is 15.6 Å². The van der Waals surface area contributed by atoms with Crippen LogP contribution in [0.2, 0.25) is 4.34 Å². The first-order chi connectivity index (χ1) is 6.09. The van der Waals surface area contributed by atoms with E-state index in [1.54, 1.807) is 7.05 Å². The van der Waals surface area contributed by atoms with E-state index in [1.165, 1.54) is 16.2 Å². The molecule has 0 spiro atoms. The van der Waals surface area contributed by atoms with Crippen LogP contribution in [0, 0.1) is 0 Å². The van der Waals surface area contributed by atoms with Crippen molar-refractivity contribution < 1.29 is 9.90 Å². The fourth-order valence-electron chi connectivity index (χ4n) is 0.860. The zero-order chi connectivity index (χ0) is 9.84. The molecule has 1 rings (SSSR count). The summed E-state index contributed by atoms with van der Waals surface area (Å²) >= 11 is 7.21. The minimum atomic E-state index is -0.900. The summed E-state index contributed by atoms with van der Waals surface area (Å²) in [5.74, 6) is 0. The molecule has 0 aliphatic rings. The van der Waals surface area contributed by atoms with E-state index < -0.39 is 6.09 Å². The molecule has 0 saturated heterocycles.